The van der Waals surface area contributed by atoms with Gasteiger partial charge in [-0.15, -0.1) is 0 Å². The number of aromatic nitrogens is 2. The second-order valence-electron chi connectivity index (χ2n) is 9.02. The third-order valence-corrected chi connectivity index (χ3v) is 6.36. The maximum Gasteiger partial charge on any atom is 0.344 e. The van der Waals surface area contributed by atoms with Gasteiger partial charge in [0.1, 0.15) is 0 Å². The van der Waals surface area contributed by atoms with Gasteiger partial charge in [-0.05, 0) is 37.1 Å². The van der Waals surface area contributed by atoms with E-state index in [1.807, 2.05) is 18.2 Å². The topological polar surface area (TPSA) is 137 Å². The van der Waals surface area contributed by atoms with Gasteiger partial charge in [0, 0.05) is 41.8 Å². The molecular formula is C29H29N3O7. The smallest absolute Gasteiger partial charge is 0.344 e. The lowest BCUT2D eigenvalue weighted by Crippen LogP contribution is -2.62. The first-order chi connectivity index (χ1) is 18.7. The molecule has 2 heterocycles. The quantitative estimate of drug-likeness (QED) is 0.250. The normalized spacial score (nSPS) is 11.4. The molecule has 0 atom stereocenters. The van der Waals surface area contributed by atoms with Gasteiger partial charge in [-0.2, -0.15) is 0 Å². The first-order valence-corrected chi connectivity index (χ1v) is 12.6. The molecular weight excluding hydrogens is 502 g/mol. The van der Waals surface area contributed by atoms with Crippen molar-refractivity contribution in [2.24, 2.45) is 0 Å². The van der Waals surface area contributed by atoms with Crippen LogP contribution in [-0.4, -0.2) is 46.1 Å². The molecule has 0 radical (unpaired) electrons. The maximum absolute atomic E-state index is 13.5. The number of nitrogens with zero attached hydrogens (tertiary/aromatic N) is 1. The largest absolute Gasteiger partial charge is 0.464 e. The van der Waals surface area contributed by atoms with Crippen molar-refractivity contribution in [1.29, 1.82) is 0 Å². The van der Waals surface area contributed by atoms with Gasteiger partial charge in [0.2, 0.25) is 17.0 Å². The van der Waals surface area contributed by atoms with Gasteiger partial charge < -0.3 is 24.3 Å². The number of carbonyl (C=O) groups excluding carboxylic acids is 3. The summed E-state index contributed by atoms with van der Waals surface area (Å²) in [5.74, 6) is -2.61. The Morgan fingerprint density at radius 2 is 1.49 bits per heavy atom. The summed E-state index contributed by atoms with van der Waals surface area (Å²) in [5.41, 5.74) is -0.731. The first-order valence-electron chi connectivity index (χ1n) is 12.6. The van der Waals surface area contributed by atoms with E-state index < -0.39 is 28.9 Å². The second-order valence-corrected chi connectivity index (χ2v) is 9.02. The predicted octanol–water partition coefficient (Wildman–Crippen LogP) is 2.43. The number of H-pyrrole nitrogens is 1. The van der Waals surface area contributed by atoms with Crippen molar-refractivity contribution in [2.45, 2.75) is 39.3 Å². The minimum Gasteiger partial charge on any atom is -0.464 e. The Morgan fingerprint density at radius 3 is 2.13 bits per heavy atom. The molecule has 0 aliphatic heterocycles. The Balaban J connectivity index is 1.89. The van der Waals surface area contributed by atoms with E-state index in [0.717, 1.165) is 5.39 Å². The molecule has 0 saturated carbocycles. The zero-order valence-electron chi connectivity index (χ0n) is 21.9. The first kappa shape index (κ1) is 27.3. The lowest BCUT2D eigenvalue weighted by Gasteiger charge is -2.30. The van der Waals surface area contributed by atoms with Gasteiger partial charge in [0.05, 0.1) is 25.3 Å². The molecule has 39 heavy (non-hydrogen) atoms. The molecule has 4 rings (SSSR count). The van der Waals surface area contributed by atoms with Gasteiger partial charge in [-0.3, -0.25) is 14.4 Å². The van der Waals surface area contributed by atoms with Crippen LogP contribution < -0.4 is 16.4 Å². The molecule has 2 aromatic heterocycles. The molecule has 0 bridgehead atoms. The van der Waals surface area contributed by atoms with Crippen LogP contribution >= 0.6 is 0 Å². The van der Waals surface area contributed by atoms with Gasteiger partial charge in [0.15, 0.2) is 0 Å². The Kier molecular flexibility index (Phi) is 7.94. The molecule has 0 unspecified atom stereocenters. The SMILES string of the molecule is CCOC(=O)C(Cc1cc(=O)n(Cc2cc(=O)[nH]c3ccccc23)c2ccccc12)(NC(C)=O)C(=O)OCC. The fraction of sp³-hybridized carbons (Fsp3) is 0.276. The lowest BCUT2D eigenvalue weighted by atomic mass is 9.88. The summed E-state index contributed by atoms with van der Waals surface area (Å²) >= 11 is 0. The van der Waals surface area contributed by atoms with Crippen LogP contribution in [0.25, 0.3) is 21.8 Å². The number of hydrogen-bond donors (Lipinski definition) is 2. The zero-order valence-corrected chi connectivity index (χ0v) is 21.9. The highest BCUT2D eigenvalue weighted by Crippen LogP contribution is 2.25. The number of pyridine rings is 2. The van der Waals surface area contributed by atoms with Gasteiger partial charge in [-0.1, -0.05) is 36.4 Å². The van der Waals surface area contributed by atoms with E-state index in [9.17, 15) is 24.0 Å². The van der Waals surface area contributed by atoms with Crippen LogP contribution in [0.4, 0.5) is 0 Å². The molecule has 2 aromatic carbocycles. The third-order valence-electron chi connectivity index (χ3n) is 6.36. The summed E-state index contributed by atoms with van der Waals surface area (Å²) in [7, 11) is 0. The minimum absolute atomic E-state index is 0.0356. The number of esters is 2. The van der Waals surface area contributed by atoms with E-state index in [0.29, 0.717) is 27.5 Å². The van der Waals surface area contributed by atoms with Crippen LogP contribution in [0.15, 0.2) is 70.3 Å². The molecule has 2 N–H and O–H groups in total. The van der Waals surface area contributed by atoms with Gasteiger partial charge >= 0.3 is 11.9 Å². The fourth-order valence-electron chi connectivity index (χ4n) is 4.76. The summed E-state index contributed by atoms with van der Waals surface area (Å²) in [5, 5.41) is 3.82. The molecule has 0 fully saturated rings. The highest BCUT2D eigenvalue weighted by atomic mass is 16.6. The molecule has 10 heteroatoms. The van der Waals surface area contributed by atoms with Crippen LogP contribution in [0.2, 0.25) is 0 Å². The van der Waals surface area contributed by atoms with E-state index in [-0.39, 0.29) is 31.7 Å². The van der Waals surface area contributed by atoms with Crippen molar-refractivity contribution in [2.75, 3.05) is 13.2 Å². The van der Waals surface area contributed by atoms with Crippen molar-refractivity contribution < 1.29 is 23.9 Å². The standard InChI is InChI=1S/C29H29N3O7/c1-4-38-27(36)29(31-18(3)33,28(37)39-5-2)16-19-15-26(35)32(24-13-9-7-11-22(19)24)17-20-14-25(34)30-23-12-8-6-10-21(20)23/h6-15H,4-5,16-17H2,1-3H3,(H,30,34)(H,31,33). The number of nitrogens with one attached hydrogen (secondary N) is 2. The van der Waals surface area contributed by atoms with Gasteiger partial charge in [-0.25, -0.2) is 9.59 Å². The molecule has 4 aromatic rings. The second kappa shape index (κ2) is 11.3. The van der Waals surface area contributed by atoms with Crippen molar-refractivity contribution >= 4 is 39.7 Å². The van der Waals surface area contributed by atoms with Crippen LogP contribution in [0.5, 0.6) is 0 Å². The lowest BCUT2D eigenvalue weighted by molar-refractivity contribution is -0.167. The predicted molar refractivity (Wildman–Crippen MR) is 145 cm³/mol. The summed E-state index contributed by atoms with van der Waals surface area (Å²) in [4.78, 5) is 67.1. The van der Waals surface area contributed by atoms with Crippen LogP contribution in [0, 0.1) is 0 Å². The highest BCUT2D eigenvalue weighted by molar-refractivity contribution is 6.08. The van der Waals surface area contributed by atoms with E-state index in [2.05, 4.69) is 10.3 Å². The van der Waals surface area contributed by atoms with Crippen LogP contribution in [-0.2, 0) is 36.8 Å². The Hall–Kier alpha value is -4.73. The summed E-state index contributed by atoms with van der Waals surface area (Å²) in [6.45, 7) is 4.37. The number of benzene rings is 2. The Morgan fingerprint density at radius 1 is 0.872 bits per heavy atom. The summed E-state index contributed by atoms with van der Waals surface area (Å²) in [6.07, 6.45) is -0.366. The molecule has 1 amide bonds. The number of hydrogen-bond acceptors (Lipinski definition) is 7. The number of para-hydroxylation sites is 2. The van der Waals surface area contributed by atoms with Crippen LogP contribution in [0.1, 0.15) is 31.9 Å². The van der Waals surface area contributed by atoms with Crippen molar-refractivity contribution in [1.82, 2.24) is 14.9 Å². The third kappa shape index (κ3) is 5.45. The average Bonchev–Trinajstić information content (AvgIpc) is 2.90. The number of rotatable bonds is 9. The molecule has 10 nitrogen and oxygen atoms in total. The monoisotopic (exact) mass is 531 g/mol. The van der Waals surface area contributed by atoms with Crippen molar-refractivity contribution in [3.63, 3.8) is 0 Å². The van der Waals surface area contributed by atoms with E-state index in [1.54, 1.807) is 44.2 Å². The highest BCUT2D eigenvalue weighted by Gasteiger charge is 2.50. The van der Waals surface area contributed by atoms with Gasteiger partial charge in [0.25, 0.3) is 5.56 Å². The Bertz CT molecular complexity index is 1670. The number of ether oxygens (including phenoxy) is 2. The molecule has 0 aliphatic carbocycles. The summed E-state index contributed by atoms with van der Waals surface area (Å²) < 4.78 is 11.9. The molecule has 0 aliphatic rings. The zero-order chi connectivity index (χ0) is 28.2. The molecule has 0 saturated heterocycles. The number of fused-ring (bicyclic) bond motifs is 2. The van der Waals surface area contributed by atoms with E-state index in [1.165, 1.54) is 23.6 Å². The van der Waals surface area contributed by atoms with E-state index in [4.69, 9.17) is 9.47 Å². The molecule has 202 valence electrons. The maximum atomic E-state index is 13.5. The fourth-order valence-corrected chi connectivity index (χ4v) is 4.76. The summed E-state index contributed by atoms with van der Waals surface area (Å²) in [6, 6.07) is 17.1. The van der Waals surface area contributed by atoms with Crippen molar-refractivity contribution in [3.8, 4) is 0 Å². The minimum atomic E-state index is -2.19. The Labute approximate surface area is 223 Å². The molecule has 0 spiro atoms. The van der Waals surface area contributed by atoms with E-state index >= 15 is 0 Å². The number of carbonyl (C=O) groups is 3. The number of aromatic amines is 1. The van der Waals surface area contributed by atoms with Crippen LogP contribution in [0.3, 0.4) is 0 Å². The number of amides is 1. The average molecular weight is 532 g/mol. The van der Waals surface area contributed by atoms with Crippen molar-refractivity contribution in [3.05, 3.63) is 92.5 Å².